The van der Waals surface area contributed by atoms with Crippen LogP contribution in [0.2, 0.25) is 0 Å². The van der Waals surface area contributed by atoms with E-state index in [-0.39, 0.29) is 29.1 Å². The van der Waals surface area contributed by atoms with Crippen molar-refractivity contribution >= 4 is 5.91 Å². The van der Waals surface area contributed by atoms with E-state index in [9.17, 15) is 4.79 Å². The Balaban J connectivity index is 3.27. The average molecular weight is 795 g/mol. The van der Waals surface area contributed by atoms with Crippen LogP contribution in [0.1, 0.15) is 197 Å². The van der Waals surface area contributed by atoms with Crippen LogP contribution in [-0.2, 0) is 19.0 Å². The van der Waals surface area contributed by atoms with E-state index in [2.05, 4.69) is 67.2 Å². The van der Waals surface area contributed by atoms with E-state index in [0.29, 0.717) is 62.2 Å². The van der Waals surface area contributed by atoms with Gasteiger partial charge in [-0.05, 0) is 151 Å². The molecule has 0 aromatic carbocycles. The predicted molar refractivity (Wildman–Crippen MR) is 240 cm³/mol. The van der Waals surface area contributed by atoms with Crippen molar-refractivity contribution in [1.29, 1.82) is 0 Å². The highest BCUT2D eigenvalue weighted by Crippen LogP contribution is 2.56. The molecule has 8 heteroatoms. The first-order valence-corrected chi connectivity index (χ1v) is 24.1. The Morgan fingerprint density at radius 2 is 1.30 bits per heavy atom. The molecule has 1 rings (SSSR count). The molecule has 0 bridgehead atoms. The monoisotopic (exact) mass is 795 g/mol. The molecule has 6 N–H and O–H groups in total. The third-order valence-corrected chi connectivity index (χ3v) is 14.4. The summed E-state index contributed by atoms with van der Waals surface area (Å²) in [7, 11) is 0. The number of amides is 1. The molecule has 0 aliphatic heterocycles. The summed E-state index contributed by atoms with van der Waals surface area (Å²) in [5.41, 5.74) is 17.7. The van der Waals surface area contributed by atoms with Crippen molar-refractivity contribution in [2.75, 3.05) is 52.5 Å². The highest BCUT2D eigenvalue weighted by atomic mass is 16.5. The number of nitrogens with two attached hydrogens (primary N) is 3. The quantitative estimate of drug-likeness (QED) is 0.0535. The largest absolute Gasteiger partial charge is 0.378 e. The molecule has 8 nitrogen and oxygen atoms in total. The van der Waals surface area contributed by atoms with Crippen molar-refractivity contribution < 1.29 is 19.0 Å². The molecule has 0 aromatic rings. The topological polar surface area (TPSA) is 126 Å². The van der Waals surface area contributed by atoms with Crippen molar-refractivity contribution in [2.45, 2.75) is 215 Å². The maximum absolute atomic E-state index is 13.8. The molecule has 1 amide bonds. The minimum atomic E-state index is 0.0299. The number of carbonyl (C=O) groups is 1. The Morgan fingerprint density at radius 3 is 1.86 bits per heavy atom. The Bertz CT molecular complexity index is 944. The Labute approximate surface area is 348 Å². The number of rotatable bonds is 37. The fourth-order valence-corrected chi connectivity index (χ4v) is 9.65. The molecule has 1 aliphatic rings. The highest BCUT2D eigenvalue weighted by molar-refractivity contribution is 5.76. The number of unbranched alkanes of at least 4 members (excludes halogenated alkanes) is 6. The molecule has 1 aliphatic carbocycles. The molecule has 56 heavy (non-hydrogen) atoms. The lowest BCUT2D eigenvalue weighted by Crippen LogP contribution is -2.46. The van der Waals surface area contributed by atoms with Crippen LogP contribution in [0.5, 0.6) is 0 Å². The lowest BCUT2D eigenvalue weighted by atomic mass is 9.61. The van der Waals surface area contributed by atoms with Gasteiger partial charge in [0.25, 0.3) is 0 Å². The molecule has 0 aromatic heterocycles. The van der Waals surface area contributed by atoms with Gasteiger partial charge in [-0.2, -0.15) is 0 Å². The average Bonchev–Trinajstić information content (AvgIpc) is 3.50. The van der Waals surface area contributed by atoms with Crippen LogP contribution < -0.4 is 17.2 Å². The van der Waals surface area contributed by atoms with Gasteiger partial charge >= 0.3 is 0 Å². The van der Waals surface area contributed by atoms with Crippen LogP contribution >= 0.6 is 0 Å². The SMILES string of the molecule is CCCCCCN(CCCCCC)C(=O)CC[C@@H](C)[C@H]1CC[C@@H](C)[C@]1(C)[C@H](C[C@@H](C)[C@@](C)(CC[C@H](CC)OCCCN)CC[C@H](C)OCCCN)OCCCN. The van der Waals surface area contributed by atoms with E-state index in [0.717, 1.165) is 103 Å². The van der Waals surface area contributed by atoms with Crippen molar-refractivity contribution in [2.24, 2.45) is 51.7 Å². The summed E-state index contributed by atoms with van der Waals surface area (Å²) in [6, 6.07) is 0. The van der Waals surface area contributed by atoms with Crippen LogP contribution in [0.4, 0.5) is 0 Å². The second-order valence-electron chi connectivity index (χ2n) is 18.7. The van der Waals surface area contributed by atoms with Crippen molar-refractivity contribution in [3.05, 3.63) is 0 Å². The molecule has 1 saturated carbocycles. The van der Waals surface area contributed by atoms with Gasteiger partial charge in [0, 0.05) is 39.3 Å². The second kappa shape index (κ2) is 31.2. The summed E-state index contributed by atoms with van der Waals surface area (Å²) in [6.07, 6.45) is 23.3. The number of hydrogen-bond acceptors (Lipinski definition) is 7. The molecular weight excluding hydrogens is 697 g/mol. The van der Waals surface area contributed by atoms with Crippen LogP contribution in [0.25, 0.3) is 0 Å². The van der Waals surface area contributed by atoms with Gasteiger partial charge in [0.15, 0.2) is 0 Å². The van der Waals surface area contributed by atoms with E-state index >= 15 is 0 Å². The number of carbonyl (C=O) groups excluding carboxylic acids is 1. The third kappa shape index (κ3) is 19.5. The summed E-state index contributed by atoms with van der Waals surface area (Å²) < 4.78 is 19.6. The van der Waals surface area contributed by atoms with Crippen molar-refractivity contribution in [3.8, 4) is 0 Å². The summed E-state index contributed by atoms with van der Waals surface area (Å²) >= 11 is 0. The summed E-state index contributed by atoms with van der Waals surface area (Å²) in [4.78, 5) is 16.0. The van der Waals surface area contributed by atoms with Crippen molar-refractivity contribution in [1.82, 2.24) is 4.90 Å². The van der Waals surface area contributed by atoms with Gasteiger partial charge in [0.05, 0.1) is 18.3 Å². The number of hydrogen-bond donors (Lipinski definition) is 3. The standard InChI is InChI=1S/C48H98N4O4/c1-10-13-15-17-33-52(34-18-16-14-11-2)46(53)25-22-39(4)44-24-23-40(5)48(44,9)45(56-37-21-32-51)38-41(6)47(8,28-26-42(7)54-35-19-30-49)29-27-43(12-3)55-36-20-31-50/h39-45H,10-38,49-51H2,1-9H3/t39-,40-,41-,42+,43+,44-,45+,47-,48+/m1/s1. The molecule has 0 radical (unpaired) electrons. The van der Waals surface area contributed by atoms with Gasteiger partial charge in [-0.25, -0.2) is 0 Å². The van der Waals surface area contributed by atoms with Crippen LogP contribution in [0, 0.1) is 34.5 Å². The summed E-state index contributed by atoms with van der Waals surface area (Å²) in [5, 5.41) is 0. The molecule has 1 fully saturated rings. The zero-order valence-electron chi connectivity index (χ0n) is 38.9. The lowest BCUT2D eigenvalue weighted by molar-refractivity contribution is -0.132. The van der Waals surface area contributed by atoms with Crippen LogP contribution in [0.3, 0.4) is 0 Å². The molecule has 0 spiro atoms. The van der Waals surface area contributed by atoms with Crippen molar-refractivity contribution in [3.63, 3.8) is 0 Å². The highest BCUT2D eigenvalue weighted by Gasteiger charge is 2.52. The zero-order valence-corrected chi connectivity index (χ0v) is 38.9. The van der Waals surface area contributed by atoms with E-state index in [1.807, 2.05) is 0 Å². The lowest BCUT2D eigenvalue weighted by Gasteiger charge is -2.48. The first-order valence-electron chi connectivity index (χ1n) is 24.1. The van der Waals surface area contributed by atoms with Crippen LogP contribution in [0.15, 0.2) is 0 Å². The minimum Gasteiger partial charge on any atom is -0.378 e. The molecule has 9 atom stereocenters. The summed E-state index contributed by atoms with van der Waals surface area (Å²) in [5.74, 6) is 2.35. The second-order valence-corrected chi connectivity index (χ2v) is 18.7. The number of ether oxygens (including phenoxy) is 3. The molecule has 334 valence electrons. The van der Waals surface area contributed by atoms with Gasteiger partial charge in [0.2, 0.25) is 5.91 Å². The normalized spacial score (nSPS) is 22.4. The van der Waals surface area contributed by atoms with Crippen LogP contribution in [-0.4, -0.2) is 81.7 Å². The maximum Gasteiger partial charge on any atom is 0.222 e. The Hall–Kier alpha value is -0.770. The minimum absolute atomic E-state index is 0.0299. The number of nitrogens with zero attached hydrogens (tertiary/aromatic N) is 1. The van der Waals surface area contributed by atoms with E-state index < -0.39 is 0 Å². The first-order chi connectivity index (χ1) is 26.9. The molecular formula is C48H98N4O4. The maximum atomic E-state index is 13.8. The van der Waals surface area contributed by atoms with Gasteiger partial charge in [-0.15, -0.1) is 0 Å². The molecule has 0 heterocycles. The molecule has 0 saturated heterocycles. The Kier molecular flexibility index (Phi) is 29.6. The van der Waals surface area contributed by atoms with Gasteiger partial charge < -0.3 is 36.3 Å². The van der Waals surface area contributed by atoms with Gasteiger partial charge in [-0.3, -0.25) is 4.79 Å². The molecule has 0 unspecified atom stereocenters. The first kappa shape index (κ1) is 53.2. The fourth-order valence-electron chi connectivity index (χ4n) is 9.65. The van der Waals surface area contributed by atoms with Gasteiger partial charge in [-0.1, -0.05) is 93.9 Å². The third-order valence-electron chi connectivity index (χ3n) is 14.4. The zero-order chi connectivity index (χ0) is 41.8. The van der Waals surface area contributed by atoms with E-state index in [1.54, 1.807) is 0 Å². The van der Waals surface area contributed by atoms with E-state index in [1.165, 1.54) is 51.4 Å². The fraction of sp³-hybridized carbons (Fsp3) is 0.979. The van der Waals surface area contributed by atoms with Gasteiger partial charge in [0.1, 0.15) is 0 Å². The Morgan fingerprint density at radius 1 is 0.750 bits per heavy atom. The summed E-state index contributed by atoms with van der Waals surface area (Å²) in [6.45, 7) is 27.4. The predicted octanol–water partition coefficient (Wildman–Crippen LogP) is 10.7. The van der Waals surface area contributed by atoms with E-state index in [4.69, 9.17) is 31.4 Å². The smallest absolute Gasteiger partial charge is 0.222 e.